The highest BCUT2D eigenvalue weighted by Crippen LogP contribution is 2.29. The Bertz CT molecular complexity index is 962. The van der Waals surface area contributed by atoms with Gasteiger partial charge in [-0.2, -0.15) is 5.10 Å². The van der Waals surface area contributed by atoms with Crippen LogP contribution in [0.2, 0.25) is 0 Å². The molecule has 0 aliphatic heterocycles. The van der Waals surface area contributed by atoms with Crippen molar-refractivity contribution in [2.45, 2.75) is 26.7 Å². The Kier molecular flexibility index (Phi) is 5.99. The summed E-state index contributed by atoms with van der Waals surface area (Å²) in [5.74, 6) is 1.19. The lowest BCUT2D eigenvalue weighted by Crippen LogP contribution is -2.13. The van der Waals surface area contributed by atoms with E-state index in [0.29, 0.717) is 30.0 Å². The molecule has 0 spiro atoms. The van der Waals surface area contributed by atoms with Gasteiger partial charge in [0.25, 0.3) is 0 Å². The van der Waals surface area contributed by atoms with Gasteiger partial charge in [-0.15, -0.1) is 0 Å². The van der Waals surface area contributed by atoms with Crippen molar-refractivity contribution in [3.63, 3.8) is 0 Å². The van der Waals surface area contributed by atoms with Crippen molar-refractivity contribution < 1.29 is 14.3 Å². The highest BCUT2D eigenvalue weighted by molar-refractivity contribution is 5.92. The molecule has 0 radical (unpaired) electrons. The Morgan fingerprint density at radius 2 is 1.79 bits per heavy atom. The van der Waals surface area contributed by atoms with E-state index in [1.807, 2.05) is 48.9 Å². The van der Waals surface area contributed by atoms with Crippen LogP contribution in [0.5, 0.6) is 11.5 Å². The average molecular weight is 379 g/mol. The molecule has 0 aliphatic rings. The molecule has 3 aromatic rings. The number of benzene rings is 2. The Morgan fingerprint density at radius 3 is 2.39 bits per heavy atom. The van der Waals surface area contributed by atoms with E-state index in [-0.39, 0.29) is 5.91 Å². The molecule has 146 valence electrons. The number of anilines is 1. The summed E-state index contributed by atoms with van der Waals surface area (Å²) in [6.45, 7) is 4.01. The topological polar surface area (TPSA) is 65.4 Å². The molecule has 0 fully saturated rings. The maximum atomic E-state index is 12.4. The third-order valence-electron chi connectivity index (χ3n) is 4.51. The summed E-state index contributed by atoms with van der Waals surface area (Å²) in [7, 11) is 3.16. The molecule has 0 aliphatic carbocycles. The zero-order valence-electron chi connectivity index (χ0n) is 16.7. The zero-order valence-corrected chi connectivity index (χ0v) is 16.7. The molecule has 0 saturated heterocycles. The second kappa shape index (κ2) is 8.61. The Morgan fingerprint density at radius 1 is 1.04 bits per heavy atom. The van der Waals surface area contributed by atoms with Crippen molar-refractivity contribution in [3.05, 3.63) is 65.5 Å². The predicted molar refractivity (Wildman–Crippen MR) is 110 cm³/mol. The molecule has 0 atom stereocenters. The number of carbonyl (C=O) groups excluding carboxylic acids is 1. The van der Waals surface area contributed by atoms with Gasteiger partial charge in [0.15, 0.2) is 0 Å². The van der Waals surface area contributed by atoms with Crippen molar-refractivity contribution in [2.75, 3.05) is 19.5 Å². The van der Waals surface area contributed by atoms with E-state index in [4.69, 9.17) is 9.47 Å². The summed E-state index contributed by atoms with van der Waals surface area (Å²) in [6.07, 6.45) is 1.02. The number of aromatic nitrogens is 2. The number of nitrogens with zero attached hydrogens (tertiary/aromatic N) is 2. The van der Waals surface area contributed by atoms with Crippen molar-refractivity contribution in [1.82, 2.24) is 9.78 Å². The molecular formula is C22H25N3O3. The normalized spacial score (nSPS) is 10.6. The first-order chi connectivity index (χ1) is 13.5. The van der Waals surface area contributed by atoms with Crippen LogP contribution in [0, 0.1) is 13.8 Å². The minimum absolute atomic E-state index is 0.0748. The lowest BCUT2D eigenvalue weighted by atomic mass is 10.1. The van der Waals surface area contributed by atoms with E-state index in [1.54, 1.807) is 32.4 Å². The second-order valence-electron chi connectivity index (χ2n) is 6.62. The Balaban J connectivity index is 1.61. The highest BCUT2D eigenvalue weighted by Gasteiger charge is 2.10. The maximum absolute atomic E-state index is 12.4. The number of hydrogen-bond acceptors (Lipinski definition) is 4. The number of ether oxygens (including phenoxy) is 2. The van der Waals surface area contributed by atoms with Gasteiger partial charge >= 0.3 is 0 Å². The van der Waals surface area contributed by atoms with Gasteiger partial charge in [0, 0.05) is 18.2 Å². The first kappa shape index (κ1) is 19.5. The van der Waals surface area contributed by atoms with Crippen LogP contribution in [-0.2, 0) is 11.2 Å². The van der Waals surface area contributed by atoms with Gasteiger partial charge in [-0.1, -0.05) is 12.1 Å². The third kappa shape index (κ3) is 4.52. The van der Waals surface area contributed by atoms with Crippen molar-refractivity contribution in [1.29, 1.82) is 0 Å². The van der Waals surface area contributed by atoms with Crippen molar-refractivity contribution in [3.8, 4) is 17.2 Å². The molecule has 6 nitrogen and oxygen atoms in total. The molecule has 0 bridgehead atoms. The second-order valence-corrected chi connectivity index (χ2v) is 6.62. The molecule has 6 heteroatoms. The van der Waals surface area contributed by atoms with Crippen LogP contribution in [0.15, 0.2) is 48.5 Å². The number of amides is 1. The summed E-state index contributed by atoms with van der Waals surface area (Å²) in [5, 5.41) is 7.39. The maximum Gasteiger partial charge on any atom is 0.224 e. The molecule has 1 amide bonds. The highest BCUT2D eigenvalue weighted by atomic mass is 16.5. The van der Waals surface area contributed by atoms with E-state index in [2.05, 4.69) is 10.4 Å². The fourth-order valence-electron chi connectivity index (χ4n) is 3.08. The largest absolute Gasteiger partial charge is 0.497 e. The van der Waals surface area contributed by atoms with E-state index >= 15 is 0 Å². The summed E-state index contributed by atoms with van der Waals surface area (Å²) in [6, 6.07) is 15.5. The fourth-order valence-corrected chi connectivity index (χ4v) is 3.08. The van der Waals surface area contributed by atoms with Gasteiger partial charge in [-0.05, 0) is 56.2 Å². The van der Waals surface area contributed by atoms with E-state index < -0.39 is 0 Å². The summed E-state index contributed by atoms with van der Waals surface area (Å²) in [4.78, 5) is 12.4. The first-order valence-corrected chi connectivity index (χ1v) is 9.14. The van der Waals surface area contributed by atoms with Gasteiger partial charge in [0.2, 0.25) is 5.91 Å². The predicted octanol–water partition coefficient (Wildman–Crippen LogP) is 4.08. The number of nitrogens with one attached hydrogen (secondary N) is 1. The fraction of sp³-hybridized carbons (Fsp3) is 0.273. The molecule has 0 saturated carbocycles. The lowest BCUT2D eigenvalue weighted by Gasteiger charge is -2.12. The quantitative estimate of drug-likeness (QED) is 0.672. The standard InChI is InChI=1S/C22H25N3O3/c1-15-13-16(2)25(24-15)18-8-5-17(6-9-18)7-12-22(26)23-20-14-19(27-3)10-11-21(20)28-4/h5-6,8-11,13-14H,7,12H2,1-4H3,(H,23,26). The average Bonchev–Trinajstić information content (AvgIpc) is 3.04. The van der Waals surface area contributed by atoms with E-state index in [0.717, 1.165) is 22.6 Å². The molecule has 1 aromatic heterocycles. The number of hydrogen-bond donors (Lipinski definition) is 1. The van der Waals surface area contributed by atoms with Gasteiger partial charge in [0.05, 0.1) is 31.3 Å². The monoisotopic (exact) mass is 379 g/mol. The summed E-state index contributed by atoms with van der Waals surface area (Å²) < 4.78 is 12.4. The molecule has 0 unspecified atom stereocenters. The molecule has 1 heterocycles. The molecule has 2 aromatic carbocycles. The van der Waals surface area contributed by atoms with Crippen LogP contribution in [0.4, 0.5) is 5.69 Å². The molecule has 3 rings (SSSR count). The van der Waals surface area contributed by atoms with E-state index in [9.17, 15) is 4.79 Å². The molecule has 28 heavy (non-hydrogen) atoms. The molecule has 1 N–H and O–H groups in total. The first-order valence-electron chi connectivity index (χ1n) is 9.14. The minimum Gasteiger partial charge on any atom is -0.497 e. The van der Waals surface area contributed by atoms with Gasteiger partial charge in [-0.3, -0.25) is 4.79 Å². The van der Waals surface area contributed by atoms with Gasteiger partial charge in [-0.25, -0.2) is 4.68 Å². The summed E-state index contributed by atoms with van der Waals surface area (Å²) in [5.41, 5.74) is 4.80. The van der Waals surface area contributed by atoms with Gasteiger partial charge < -0.3 is 14.8 Å². The smallest absolute Gasteiger partial charge is 0.224 e. The van der Waals surface area contributed by atoms with Crippen LogP contribution in [-0.4, -0.2) is 29.9 Å². The Labute approximate surface area is 165 Å². The van der Waals surface area contributed by atoms with Crippen LogP contribution in [0.3, 0.4) is 0 Å². The number of rotatable bonds is 7. The van der Waals surface area contributed by atoms with Gasteiger partial charge in [0.1, 0.15) is 11.5 Å². The molecular weight excluding hydrogens is 354 g/mol. The van der Waals surface area contributed by atoms with Crippen molar-refractivity contribution >= 4 is 11.6 Å². The summed E-state index contributed by atoms with van der Waals surface area (Å²) >= 11 is 0. The van der Waals surface area contributed by atoms with Crippen LogP contribution < -0.4 is 14.8 Å². The lowest BCUT2D eigenvalue weighted by molar-refractivity contribution is -0.116. The number of carbonyl (C=O) groups is 1. The van der Waals surface area contributed by atoms with Crippen LogP contribution >= 0.6 is 0 Å². The van der Waals surface area contributed by atoms with Crippen molar-refractivity contribution in [2.24, 2.45) is 0 Å². The zero-order chi connectivity index (χ0) is 20.1. The Hall–Kier alpha value is -3.28. The third-order valence-corrected chi connectivity index (χ3v) is 4.51. The van der Waals surface area contributed by atoms with Crippen LogP contribution in [0.1, 0.15) is 23.4 Å². The minimum atomic E-state index is -0.0748. The number of methoxy groups -OCH3 is 2. The van der Waals surface area contributed by atoms with Crippen LogP contribution in [0.25, 0.3) is 5.69 Å². The van der Waals surface area contributed by atoms with E-state index in [1.165, 1.54) is 0 Å². The SMILES string of the molecule is COc1ccc(OC)c(NC(=O)CCc2ccc(-n3nc(C)cc3C)cc2)c1. The number of aryl methyl sites for hydroxylation is 3.